The second-order valence-electron chi connectivity index (χ2n) is 6.82. The van der Waals surface area contributed by atoms with Crippen LogP contribution in [0.3, 0.4) is 0 Å². The fourth-order valence-corrected chi connectivity index (χ4v) is 3.60. The Kier molecular flexibility index (Phi) is 5.36. The summed E-state index contributed by atoms with van der Waals surface area (Å²) in [4.78, 5) is 2.22. The molecule has 0 radical (unpaired) electrons. The first-order valence-electron chi connectivity index (χ1n) is 9.39. The van der Waals surface area contributed by atoms with E-state index in [-0.39, 0.29) is 18.5 Å². The molecular weight excluding hydrogens is 355 g/mol. The summed E-state index contributed by atoms with van der Waals surface area (Å²) in [7, 11) is 0. The summed E-state index contributed by atoms with van der Waals surface area (Å²) >= 11 is 0. The van der Waals surface area contributed by atoms with Gasteiger partial charge < -0.3 is 9.64 Å². The van der Waals surface area contributed by atoms with Crippen molar-refractivity contribution in [1.29, 1.82) is 5.26 Å². The Bertz CT molecular complexity index is 972. The van der Waals surface area contributed by atoms with Gasteiger partial charge in [0.1, 0.15) is 17.4 Å². The topological polar surface area (TPSA) is 54.1 Å². The number of ether oxygens (including phenoxy) is 1. The van der Waals surface area contributed by atoms with Gasteiger partial charge in [-0.1, -0.05) is 24.3 Å². The van der Waals surface area contributed by atoms with Crippen molar-refractivity contribution in [2.75, 3.05) is 18.0 Å². The quantitative estimate of drug-likeness (QED) is 0.674. The molecule has 0 spiro atoms. The lowest BCUT2D eigenvalue weighted by molar-refractivity contribution is 0.0238. The third-order valence-corrected chi connectivity index (χ3v) is 5.10. The molecule has 5 nitrogen and oxygen atoms in total. The summed E-state index contributed by atoms with van der Waals surface area (Å²) in [5, 5.41) is 14.0. The van der Waals surface area contributed by atoms with E-state index < -0.39 is 0 Å². The number of aromatic nitrogens is 2. The van der Waals surface area contributed by atoms with Crippen LogP contribution in [0.1, 0.15) is 24.0 Å². The lowest BCUT2D eigenvalue weighted by atomic mass is 10.0. The fourth-order valence-electron chi connectivity index (χ4n) is 3.60. The molecule has 28 heavy (non-hydrogen) atoms. The van der Waals surface area contributed by atoms with E-state index in [2.05, 4.69) is 16.1 Å². The Morgan fingerprint density at radius 3 is 2.57 bits per heavy atom. The van der Waals surface area contributed by atoms with E-state index in [0.717, 1.165) is 37.3 Å². The average molecular weight is 376 g/mol. The van der Waals surface area contributed by atoms with Crippen LogP contribution in [0.4, 0.5) is 10.1 Å². The van der Waals surface area contributed by atoms with E-state index in [9.17, 15) is 9.65 Å². The van der Waals surface area contributed by atoms with Crippen LogP contribution in [0.2, 0.25) is 0 Å². The minimum absolute atomic E-state index is 0.0932. The van der Waals surface area contributed by atoms with Crippen molar-refractivity contribution in [3.63, 3.8) is 0 Å². The number of piperidine rings is 1. The van der Waals surface area contributed by atoms with Crippen molar-refractivity contribution >= 4 is 5.69 Å². The third-order valence-electron chi connectivity index (χ3n) is 5.10. The highest BCUT2D eigenvalue weighted by atomic mass is 19.1. The maximum Gasteiger partial charge on any atom is 0.128 e. The Labute approximate surface area is 163 Å². The predicted octanol–water partition coefficient (Wildman–Crippen LogP) is 4.07. The summed E-state index contributed by atoms with van der Waals surface area (Å²) in [5.74, 6) is -0.228. The van der Waals surface area contributed by atoms with Crippen LogP contribution in [0.25, 0.3) is 5.69 Å². The first-order valence-corrected chi connectivity index (χ1v) is 9.39. The van der Waals surface area contributed by atoms with Gasteiger partial charge in [-0.3, -0.25) is 0 Å². The van der Waals surface area contributed by atoms with Gasteiger partial charge in [0.15, 0.2) is 0 Å². The standard InChI is InChI=1S/C22H21FN4O/c23-20-6-2-1-5-17(20)16-28-18-9-13-26(14-10-18)21-7-3-8-22(19(21)15-24)27-12-4-11-25-27/h1-8,11-12,18H,9-10,13-14,16H2. The molecule has 1 aliphatic rings. The summed E-state index contributed by atoms with van der Waals surface area (Å²) in [5.41, 5.74) is 2.91. The molecule has 0 unspecified atom stereocenters. The molecular formula is C22H21FN4O. The van der Waals surface area contributed by atoms with E-state index in [4.69, 9.17) is 4.74 Å². The second-order valence-corrected chi connectivity index (χ2v) is 6.82. The van der Waals surface area contributed by atoms with Crippen LogP contribution in [0, 0.1) is 17.1 Å². The summed E-state index contributed by atoms with van der Waals surface area (Å²) < 4.78 is 21.4. The highest BCUT2D eigenvalue weighted by Gasteiger charge is 2.23. The van der Waals surface area contributed by atoms with Gasteiger partial charge in [0.2, 0.25) is 0 Å². The molecule has 1 aliphatic heterocycles. The zero-order valence-corrected chi connectivity index (χ0v) is 15.5. The van der Waals surface area contributed by atoms with Gasteiger partial charge in [0, 0.05) is 31.0 Å². The molecule has 2 aromatic carbocycles. The molecule has 0 saturated carbocycles. The van der Waals surface area contributed by atoms with Gasteiger partial charge in [-0.2, -0.15) is 10.4 Å². The first kappa shape index (κ1) is 18.2. The van der Waals surface area contributed by atoms with E-state index >= 15 is 0 Å². The number of benzene rings is 2. The Balaban J connectivity index is 1.42. The maximum atomic E-state index is 13.7. The van der Waals surface area contributed by atoms with Crippen molar-refractivity contribution in [1.82, 2.24) is 9.78 Å². The van der Waals surface area contributed by atoms with Gasteiger partial charge in [0.05, 0.1) is 24.1 Å². The summed E-state index contributed by atoms with van der Waals surface area (Å²) in [6, 6.07) is 16.7. The van der Waals surface area contributed by atoms with Crippen LogP contribution >= 0.6 is 0 Å². The van der Waals surface area contributed by atoms with E-state index in [1.807, 2.05) is 36.5 Å². The van der Waals surface area contributed by atoms with E-state index in [0.29, 0.717) is 11.1 Å². The van der Waals surface area contributed by atoms with Crippen molar-refractivity contribution in [2.45, 2.75) is 25.6 Å². The highest BCUT2D eigenvalue weighted by Crippen LogP contribution is 2.29. The molecule has 142 valence electrons. The zero-order chi connectivity index (χ0) is 19.3. The van der Waals surface area contributed by atoms with Crippen molar-refractivity contribution in [2.24, 2.45) is 0 Å². The number of hydrogen-bond acceptors (Lipinski definition) is 4. The summed E-state index contributed by atoms with van der Waals surface area (Å²) in [6.07, 6.45) is 5.31. The summed E-state index contributed by atoms with van der Waals surface area (Å²) in [6.45, 7) is 1.87. The molecule has 1 saturated heterocycles. The molecule has 4 rings (SSSR count). The van der Waals surface area contributed by atoms with Crippen LogP contribution in [0.15, 0.2) is 60.9 Å². The first-order chi connectivity index (χ1) is 13.8. The van der Waals surface area contributed by atoms with Gasteiger partial charge in [-0.25, -0.2) is 9.07 Å². The van der Waals surface area contributed by atoms with Gasteiger partial charge in [0.25, 0.3) is 0 Å². The molecule has 6 heteroatoms. The predicted molar refractivity (Wildman–Crippen MR) is 105 cm³/mol. The second kappa shape index (κ2) is 8.24. The number of hydrogen-bond donors (Lipinski definition) is 0. The third kappa shape index (κ3) is 3.75. The Morgan fingerprint density at radius 1 is 1.07 bits per heavy atom. The van der Waals surface area contributed by atoms with Crippen LogP contribution < -0.4 is 4.90 Å². The molecule has 2 heterocycles. The van der Waals surface area contributed by atoms with Crippen LogP contribution in [-0.4, -0.2) is 29.0 Å². The SMILES string of the molecule is N#Cc1c(N2CCC(OCc3ccccc3F)CC2)cccc1-n1cccn1. The van der Waals surface area contributed by atoms with Crippen LogP contribution in [0.5, 0.6) is 0 Å². The van der Waals surface area contributed by atoms with Crippen molar-refractivity contribution in [3.8, 4) is 11.8 Å². The molecule has 0 bridgehead atoms. The number of nitrogens with zero attached hydrogens (tertiary/aromatic N) is 4. The molecule has 0 N–H and O–H groups in total. The fraction of sp³-hybridized carbons (Fsp3) is 0.273. The lowest BCUT2D eigenvalue weighted by Gasteiger charge is -2.34. The monoisotopic (exact) mass is 376 g/mol. The number of rotatable bonds is 5. The Hall–Kier alpha value is -3.17. The van der Waals surface area contributed by atoms with E-state index in [1.165, 1.54) is 6.07 Å². The number of nitriles is 1. The molecule has 3 aromatic rings. The van der Waals surface area contributed by atoms with Gasteiger partial charge >= 0.3 is 0 Å². The largest absolute Gasteiger partial charge is 0.373 e. The Morgan fingerprint density at radius 2 is 1.86 bits per heavy atom. The molecule has 1 aromatic heterocycles. The van der Waals surface area contributed by atoms with Gasteiger partial charge in [-0.15, -0.1) is 0 Å². The normalized spacial score (nSPS) is 14.8. The minimum Gasteiger partial charge on any atom is -0.373 e. The number of halogens is 1. The average Bonchev–Trinajstić information content (AvgIpc) is 3.28. The van der Waals surface area contributed by atoms with Crippen LogP contribution in [-0.2, 0) is 11.3 Å². The molecule has 0 amide bonds. The molecule has 0 atom stereocenters. The highest BCUT2D eigenvalue weighted by molar-refractivity contribution is 5.67. The molecule has 0 aliphatic carbocycles. The smallest absolute Gasteiger partial charge is 0.128 e. The minimum atomic E-state index is -0.228. The van der Waals surface area contributed by atoms with Gasteiger partial charge in [-0.05, 0) is 37.1 Å². The maximum absolute atomic E-state index is 13.7. The van der Waals surface area contributed by atoms with Crippen molar-refractivity contribution < 1.29 is 9.13 Å². The molecule has 1 fully saturated rings. The van der Waals surface area contributed by atoms with Crippen molar-refractivity contribution in [3.05, 3.63) is 77.9 Å². The van der Waals surface area contributed by atoms with E-state index in [1.54, 1.807) is 23.0 Å². The zero-order valence-electron chi connectivity index (χ0n) is 15.5. The lowest BCUT2D eigenvalue weighted by Crippen LogP contribution is -2.37. The number of anilines is 1.